The van der Waals surface area contributed by atoms with Crippen LogP contribution in [0.25, 0.3) is 0 Å². The van der Waals surface area contributed by atoms with Crippen molar-refractivity contribution in [3.05, 3.63) is 23.8 Å². The van der Waals surface area contributed by atoms with Gasteiger partial charge in [0, 0.05) is 37.7 Å². The fourth-order valence-electron chi connectivity index (χ4n) is 5.06. The maximum atomic E-state index is 12.9. The summed E-state index contributed by atoms with van der Waals surface area (Å²) in [6.07, 6.45) is 4.85. The fourth-order valence-corrected chi connectivity index (χ4v) is 5.06. The van der Waals surface area contributed by atoms with E-state index >= 15 is 0 Å². The van der Waals surface area contributed by atoms with Crippen LogP contribution in [0.15, 0.2) is 18.2 Å². The second-order valence-electron chi connectivity index (χ2n) is 7.97. The van der Waals surface area contributed by atoms with E-state index < -0.39 is 0 Å². The highest BCUT2D eigenvalue weighted by Gasteiger charge is 2.44. The Hall–Kier alpha value is -2.24. The van der Waals surface area contributed by atoms with Gasteiger partial charge in [-0.25, -0.2) is 0 Å². The van der Waals surface area contributed by atoms with Crippen LogP contribution in [0.2, 0.25) is 0 Å². The van der Waals surface area contributed by atoms with Gasteiger partial charge >= 0.3 is 0 Å². The number of carbonyl (C=O) groups excluding carboxylic acids is 2. The zero-order valence-corrected chi connectivity index (χ0v) is 16.1. The summed E-state index contributed by atoms with van der Waals surface area (Å²) in [7, 11) is 3.14. The Balaban J connectivity index is 1.36. The van der Waals surface area contributed by atoms with Gasteiger partial charge in [0.25, 0.3) is 5.91 Å². The van der Waals surface area contributed by atoms with Crippen molar-refractivity contribution in [3.8, 4) is 11.5 Å². The van der Waals surface area contributed by atoms with Crippen LogP contribution in [-0.2, 0) is 4.79 Å². The molecular formula is C21H28N2O4. The van der Waals surface area contributed by atoms with Crippen molar-refractivity contribution in [2.45, 2.75) is 25.7 Å². The smallest absolute Gasteiger partial charge is 0.254 e. The van der Waals surface area contributed by atoms with E-state index in [1.165, 1.54) is 19.3 Å². The molecule has 3 aliphatic rings. The highest BCUT2D eigenvalue weighted by Crippen LogP contribution is 2.48. The number of ether oxygens (including phenoxy) is 2. The maximum Gasteiger partial charge on any atom is 0.254 e. The van der Waals surface area contributed by atoms with Crippen LogP contribution < -0.4 is 9.47 Å². The molecular weight excluding hydrogens is 344 g/mol. The minimum atomic E-state index is -0.0250. The summed E-state index contributed by atoms with van der Waals surface area (Å²) in [6.45, 7) is 2.43. The fraction of sp³-hybridized carbons (Fsp3) is 0.619. The minimum Gasteiger partial charge on any atom is -0.493 e. The van der Waals surface area contributed by atoms with Crippen molar-refractivity contribution in [2.75, 3.05) is 40.4 Å². The first-order chi connectivity index (χ1) is 13.1. The predicted molar refractivity (Wildman–Crippen MR) is 101 cm³/mol. The van der Waals surface area contributed by atoms with Gasteiger partial charge in [0.2, 0.25) is 5.91 Å². The van der Waals surface area contributed by atoms with Crippen molar-refractivity contribution in [3.63, 3.8) is 0 Å². The largest absolute Gasteiger partial charge is 0.493 e. The molecule has 3 atom stereocenters. The van der Waals surface area contributed by atoms with E-state index in [0.717, 1.165) is 12.3 Å². The Labute approximate surface area is 160 Å². The number of piperazine rings is 1. The maximum absolute atomic E-state index is 12.9. The number of methoxy groups -OCH3 is 2. The van der Waals surface area contributed by atoms with Crippen LogP contribution in [0.3, 0.4) is 0 Å². The number of amides is 2. The van der Waals surface area contributed by atoms with Crippen LogP contribution in [0.4, 0.5) is 0 Å². The first-order valence-electron chi connectivity index (χ1n) is 9.90. The molecule has 4 rings (SSSR count). The number of nitrogens with zero attached hydrogens (tertiary/aromatic N) is 2. The molecule has 1 aromatic carbocycles. The number of hydrogen-bond acceptors (Lipinski definition) is 4. The Kier molecular flexibility index (Phi) is 4.98. The summed E-state index contributed by atoms with van der Waals surface area (Å²) in [6, 6.07) is 5.23. The van der Waals surface area contributed by atoms with Gasteiger partial charge in [-0.15, -0.1) is 0 Å². The molecule has 6 nitrogen and oxygen atoms in total. The Morgan fingerprint density at radius 3 is 2.22 bits per heavy atom. The van der Waals surface area contributed by atoms with Crippen molar-refractivity contribution in [1.82, 2.24) is 9.80 Å². The monoisotopic (exact) mass is 372 g/mol. The molecule has 3 unspecified atom stereocenters. The van der Waals surface area contributed by atoms with Crippen molar-refractivity contribution in [2.24, 2.45) is 17.8 Å². The lowest BCUT2D eigenvalue weighted by Gasteiger charge is -2.37. The zero-order valence-electron chi connectivity index (χ0n) is 16.1. The third-order valence-corrected chi connectivity index (χ3v) is 6.56. The average Bonchev–Trinajstić information content (AvgIpc) is 3.36. The molecule has 0 radical (unpaired) electrons. The summed E-state index contributed by atoms with van der Waals surface area (Å²) >= 11 is 0. The van der Waals surface area contributed by atoms with Crippen LogP contribution in [-0.4, -0.2) is 62.0 Å². The van der Waals surface area contributed by atoms with Gasteiger partial charge in [-0.2, -0.15) is 0 Å². The third kappa shape index (κ3) is 3.37. The molecule has 3 fully saturated rings. The molecule has 2 saturated carbocycles. The van der Waals surface area contributed by atoms with E-state index in [0.29, 0.717) is 55.1 Å². The molecule has 146 valence electrons. The van der Waals surface area contributed by atoms with Gasteiger partial charge < -0.3 is 19.3 Å². The molecule has 27 heavy (non-hydrogen) atoms. The molecule has 0 aromatic heterocycles. The normalized spacial score (nSPS) is 27.0. The summed E-state index contributed by atoms with van der Waals surface area (Å²) < 4.78 is 10.5. The van der Waals surface area contributed by atoms with Crippen LogP contribution in [0.5, 0.6) is 11.5 Å². The van der Waals surface area contributed by atoms with Crippen LogP contribution in [0.1, 0.15) is 36.0 Å². The van der Waals surface area contributed by atoms with Crippen LogP contribution in [0, 0.1) is 17.8 Å². The predicted octanol–water partition coefficient (Wildman–Crippen LogP) is 2.42. The lowest BCUT2D eigenvalue weighted by molar-refractivity contribution is -0.138. The third-order valence-electron chi connectivity index (χ3n) is 6.56. The summed E-state index contributed by atoms with van der Waals surface area (Å²) in [5.41, 5.74) is 0.584. The second-order valence-corrected chi connectivity index (χ2v) is 7.97. The quantitative estimate of drug-likeness (QED) is 0.814. The number of benzene rings is 1. The number of fused-ring (bicyclic) bond motifs is 2. The summed E-state index contributed by atoms with van der Waals surface area (Å²) in [4.78, 5) is 29.5. The van der Waals surface area contributed by atoms with Gasteiger partial charge in [-0.3, -0.25) is 9.59 Å². The molecule has 2 bridgehead atoms. The highest BCUT2D eigenvalue weighted by molar-refractivity contribution is 5.95. The summed E-state index contributed by atoms with van der Waals surface area (Å²) in [5.74, 6) is 3.06. The molecule has 2 amide bonds. The lowest BCUT2D eigenvalue weighted by atomic mass is 9.87. The molecule has 1 aromatic rings. The molecule has 1 saturated heterocycles. The summed E-state index contributed by atoms with van der Waals surface area (Å²) in [5, 5.41) is 0. The second kappa shape index (κ2) is 7.41. The van der Waals surface area contributed by atoms with Gasteiger partial charge in [0.1, 0.15) is 0 Å². The first kappa shape index (κ1) is 18.1. The van der Waals surface area contributed by atoms with Crippen molar-refractivity contribution < 1.29 is 19.1 Å². The SMILES string of the molecule is COc1ccc(C(=O)N2CCN(C(=O)C3CC4CCC3C4)CC2)cc1OC. The minimum absolute atomic E-state index is 0.0250. The van der Waals surface area contributed by atoms with E-state index in [4.69, 9.17) is 9.47 Å². The van der Waals surface area contributed by atoms with E-state index in [1.807, 2.05) is 9.80 Å². The number of hydrogen-bond donors (Lipinski definition) is 0. The Bertz CT molecular complexity index is 727. The number of carbonyl (C=O) groups is 2. The van der Waals surface area contributed by atoms with Gasteiger partial charge in [-0.05, 0) is 49.3 Å². The molecule has 6 heteroatoms. The molecule has 2 aliphatic carbocycles. The molecule has 1 heterocycles. The van der Waals surface area contributed by atoms with E-state index in [2.05, 4.69) is 0 Å². The zero-order chi connectivity index (χ0) is 19.0. The standard InChI is InChI=1S/C21H28N2O4/c1-26-18-6-5-16(13-19(18)27-2)20(24)22-7-9-23(10-8-22)21(25)17-12-14-3-4-15(17)11-14/h5-6,13-15,17H,3-4,7-12H2,1-2H3. The van der Waals surface area contributed by atoms with Gasteiger partial charge in [-0.1, -0.05) is 6.42 Å². The van der Waals surface area contributed by atoms with Crippen molar-refractivity contribution >= 4 is 11.8 Å². The van der Waals surface area contributed by atoms with E-state index in [1.54, 1.807) is 32.4 Å². The Morgan fingerprint density at radius 1 is 0.926 bits per heavy atom. The lowest BCUT2D eigenvalue weighted by Crippen LogP contribution is -2.52. The number of rotatable bonds is 4. The van der Waals surface area contributed by atoms with E-state index in [9.17, 15) is 9.59 Å². The van der Waals surface area contributed by atoms with Gasteiger partial charge in [0.05, 0.1) is 14.2 Å². The average molecular weight is 372 g/mol. The van der Waals surface area contributed by atoms with Gasteiger partial charge in [0.15, 0.2) is 11.5 Å². The Morgan fingerprint density at radius 2 is 1.63 bits per heavy atom. The van der Waals surface area contributed by atoms with Crippen LogP contribution >= 0.6 is 0 Å². The highest BCUT2D eigenvalue weighted by atomic mass is 16.5. The van der Waals surface area contributed by atoms with Crippen molar-refractivity contribution in [1.29, 1.82) is 0 Å². The van der Waals surface area contributed by atoms with E-state index in [-0.39, 0.29) is 11.8 Å². The molecule has 0 spiro atoms. The molecule has 0 N–H and O–H groups in total. The molecule has 1 aliphatic heterocycles. The first-order valence-corrected chi connectivity index (χ1v) is 9.90. The topological polar surface area (TPSA) is 59.1 Å².